The van der Waals surface area contributed by atoms with Gasteiger partial charge < -0.3 is 5.32 Å². The first kappa shape index (κ1) is 14.2. The maximum atomic E-state index is 4.43. The lowest BCUT2D eigenvalue weighted by atomic mass is 9.75. The summed E-state index contributed by atoms with van der Waals surface area (Å²) in [5, 5.41) is 7.92. The van der Waals surface area contributed by atoms with Gasteiger partial charge in [-0.3, -0.25) is 4.68 Å². The first-order valence-electron chi connectivity index (χ1n) is 6.59. The van der Waals surface area contributed by atoms with Gasteiger partial charge in [0.2, 0.25) is 0 Å². The summed E-state index contributed by atoms with van der Waals surface area (Å²) in [4.78, 5) is 0. The highest BCUT2D eigenvalue weighted by atomic mass is 15.3. The summed E-state index contributed by atoms with van der Waals surface area (Å²) in [5.74, 6) is 0.650. The van der Waals surface area contributed by atoms with Crippen LogP contribution in [-0.2, 0) is 13.5 Å². The zero-order valence-corrected chi connectivity index (χ0v) is 12.2. The van der Waals surface area contributed by atoms with Gasteiger partial charge >= 0.3 is 0 Å². The van der Waals surface area contributed by atoms with E-state index >= 15 is 0 Å². The number of aromatic nitrogens is 2. The Morgan fingerprint density at radius 2 is 2.12 bits per heavy atom. The van der Waals surface area contributed by atoms with Crippen molar-refractivity contribution in [2.24, 2.45) is 18.4 Å². The van der Waals surface area contributed by atoms with Gasteiger partial charge in [0, 0.05) is 19.3 Å². The monoisotopic (exact) mass is 237 g/mol. The fourth-order valence-electron chi connectivity index (χ4n) is 2.12. The summed E-state index contributed by atoms with van der Waals surface area (Å²) in [5.41, 5.74) is 2.73. The smallest absolute Gasteiger partial charge is 0.0596 e. The molecule has 1 rings (SSSR count). The summed E-state index contributed by atoms with van der Waals surface area (Å²) in [6, 6.07) is 2.20. The molecule has 0 amide bonds. The molecule has 1 aromatic heterocycles. The van der Waals surface area contributed by atoms with E-state index < -0.39 is 0 Å². The lowest BCUT2D eigenvalue weighted by molar-refractivity contribution is 0.204. The zero-order valence-electron chi connectivity index (χ0n) is 12.2. The molecule has 0 aromatic carbocycles. The number of hydrogen-bond acceptors (Lipinski definition) is 2. The van der Waals surface area contributed by atoms with Crippen LogP contribution in [0.5, 0.6) is 0 Å². The molecule has 1 unspecified atom stereocenters. The molecule has 0 aliphatic carbocycles. The molecule has 1 aromatic rings. The molecule has 0 fully saturated rings. The molecule has 1 heterocycles. The highest BCUT2D eigenvalue weighted by molar-refractivity contribution is 5.11. The first-order chi connectivity index (χ1) is 7.89. The molecule has 3 nitrogen and oxygen atoms in total. The molecule has 0 radical (unpaired) electrons. The molecular weight excluding hydrogens is 210 g/mol. The summed E-state index contributed by atoms with van der Waals surface area (Å²) in [6.07, 6.45) is 1.08. The third-order valence-corrected chi connectivity index (χ3v) is 3.86. The van der Waals surface area contributed by atoms with Crippen LogP contribution in [0.1, 0.15) is 39.1 Å². The molecule has 98 valence electrons. The van der Waals surface area contributed by atoms with Crippen molar-refractivity contribution in [3.8, 4) is 0 Å². The standard InChI is InChI=1S/C14H27N3/c1-7-15-10-14(5,11(2)3)9-13-8-12(4)16-17(13)6/h8,11,15H,7,9-10H2,1-6H3. The van der Waals surface area contributed by atoms with Crippen molar-refractivity contribution >= 4 is 0 Å². The van der Waals surface area contributed by atoms with Gasteiger partial charge in [-0.1, -0.05) is 27.7 Å². The second kappa shape index (κ2) is 5.67. The van der Waals surface area contributed by atoms with E-state index in [1.807, 2.05) is 11.7 Å². The Hall–Kier alpha value is -0.830. The third kappa shape index (κ3) is 3.56. The normalized spacial score (nSPS) is 15.2. The van der Waals surface area contributed by atoms with E-state index in [4.69, 9.17) is 0 Å². The van der Waals surface area contributed by atoms with Crippen LogP contribution < -0.4 is 5.32 Å². The van der Waals surface area contributed by atoms with Gasteiger partial charge in [-0.05, 0) is 37.3 Å². The van der Waals surface area contributed by atoms with E-state index in [1.54, 1.807) is 0 Å². The predicted octanol–water partition coefficient (Wildman–Crippen LogP) is 2.54. The molecule has 0 spiro atoms. The second-order valence-electron chi connectivity index (χ2n) is 5.67. The van der Waals surface area contributed by atoms with Gasteiger partial charge in [-0.15, -0.1) is 0 Å². The number of nitrogens with one attached hydrogen (secondary N) is 1. The molecule has 1 N–H and O–H groups in total. The fraction of sp³-hybridized carbons (Fsp3) is 0.786. The number of rotatable bonds is 6. The zero-order chi connectivity index (χ0) is 13.1. The van der Waals surface area contributed by atoms with Crippen molar-refractivity contribution < 1.29 is 0 Å². The number of aryl methyl sites for hydroxylation is 2. The molecule has 0 aliphatic rings. The van der Waals surface area contributed by atoms with Gasteiger partial charge in [0.25, 0.3) is 0 Å². The Balaban J connectivity index is 2.82. The average Bonchev–Trinajstić information content (AvgIpc) is 2.54. The van der Waals surface area contributed by atoms with E-state index in [-0.39, 0.29) is 5.41 Å². The van der Waals surface area contributed by atoms with Gasteiger partial charge in [-0.25, -0.2) is 0 Å². The van der Waals surface area contributed by atoms with Gasteiger partial charge in [0.15, 0.2) is 0 Å². The van der Waals surface area contributed by atoms with E-state index in [2.05, 4.69) is 51.1 Å². The number of nitrogens with zero attached hydrogens (tertiary/aromatic N) is 2. The maximum absolute atomic E-state index is 4.43. The van der Waals surface area contributed by atoms with Crippen LogP contribution in [-0.4, -0.2) is 22.9 Å². The van der Waals surface area contributed by atoms with Crippen LogP contribution in [0.15, 0.2) is 6.07 Å². The van der Waals surface area contributed by atoms with Crippen LogP contribution in [0, 0.1) is 18.3 Å². The molecule has 0 aliphatic heterocycles. The van der Waals surface area contributed by atoms with Crippen molar-refractivity contribution in [1.29, 1.82) is 0 Å². The van der Waals surface area contributed by atoms with E-state index in [9.17, 15) is 0 Å². The Morgan fingerprint density at radius 1 is 1.47 bits per heavy atom. The lowest BCUT2D eigenvalue weighted by Gasteiger charge is -2.34. The molecule has 17 heavy (non-hydrogen) atoms. The van der Waals surface area contributed by atoms with Crippen LogP contribution >= 0.6 is 0 Å². The summed E-state index contributed by atoms with van der Waals surface area (Å²) in [6.45, 7) is 13.3. The SMILES string of the molecule is CCNCC(C)(Cc1cc(C)nn1C)C(C)C. The molecule has 1 atom stereocenters. The average molecular weight is 237 g/mol. The van der Waals surface area contributed by atoms with Crippen molar-refractivity contribution in [1.82, 2.24) is 15.1 Å². The summed E-state index contributed by atoms with van der Waals surface area (Å²) < 4.78 is 2.02. The molecule has 0 saturated carbocycles. The van der Waals surface area contributed by atoms with Gasteiger partial charge in [0.1, 0.15) is 0 Å². The highest BCUT2D eigenvalue weighted by Crippen LogP contribution is 2.30. The minimum Gasteiger partial charge on any atom is -0.316 e. The van der Waals surface area contributed by atoms with Crippen molar-refractivity contribution in [3.05, 3.63) is 17.5 Å². The minimum absolute atomic E-state index is 0.288. The molecule has 3 heteroatoms. The van der Waals surface area contributed by atoms with Crippen LogP contribution in [0.2, 0.25) is 0 Å². The first-order valence-corrected chi connectivity index (χ1v) is 6.59. The molecule has 0 saturated heterocycles. The second-order valence-corrected chi connectivity index (χ2v) is 5.67. The van der Waals surface area contributed by atoms with Crippen molar-refractivity contribution in [2.75, 3.05) is 13.1 Å². The third-order valence-electron chi connectivity index (χ3n) is 3.86. The van der Waals surface area contributed by atoms with Crippen molar-refractivity contribution in [2.45, 2.75) is 41.0 Å². The largest absolute Gasteiger partial charge is 0.316 e. The highest BCUT2D eigenvalue weighted by Gasteiger charge is 2.29. The summed E-state index contributed by atoms with van der Waals surface area (Å²) in [7, 11) is 2.04. The predicted molar refractivity (Wildman–Crippen MR) is 73.1 cm³/mol. The van der Waals surface area contributed by atoms with Crippen LogP contribution in [0.3, 0.4) is 0 Å². The Kier molecular flexibility index (Phi) is 4.75. The van der Waals surface area contributed by atoms with E-state index in [0.29, 0.717) is 5.92 Å². The fourth-order valence-corrected chi connectivity index (χ4v) is 2.12. The molecular formula is C14H27N3. The minimum atomic E-state index is 0.288. The van der Waals surface area contributed by atoms with Crippen LogP contribution in [0.4, 0.5) is 0 Å². The Labute approximate surface area is 106 Å². The van der Waals surface area contributed by atoms with Crippen molar-refractivity contribution in [3.63, 3.8) is 0 Å². The Morgan fingerprint density at radius 3 is 2.53 bits per heavy atom. The Bertz CT molecular complexity index is 354. The van der Waals surface area contributed by atoms with Gasteiger partial charge in [0.05, 0.1) is 5.69 Å². The van der Waals surface area contributed by atoms with Crippen LogP contribution in [0.25, 0.3) is 0 Å². The van der Waals surface area contributed by atoms with E-state index in [0.717, 1.165) is 25.2 Å². The summed E-state index contributed by atoms with van der Waals surface area (Å²) >= 11 is 0. The quantitative estimate of drug-likeness (QED) is 0.824. The lowest BCUT2D eigenvalue weighted by Crippen LogP contribution is -2.38. The topological polar surface area (TPSA) is 29.9 Å². The molecule has 0 bridgehead atoms. The van der Waals surface area contributed by atoms with Gasteiger partial charge in [-0.2, -0.15) is 5.10 Å². The maximum Gasteiger partial charge on any atom is 0.0596 e. The number of hydrogen-bond donors (Lipinski definition) is 1. The van der Waals surface area contributed by atoms with E-state index in [1.165, 1.54) is 5.69 Å².